The van der Waals surface area contributed by atoms with Gasteiger partial charge in [0.2, 0.25) is 0 Å². The lowest BCUT2D eigenvalue weighted by atomic mass is 10.2. The summed E-state index contributed by atoms with van der Waals surface area (Å²) in [5.74, 6) is -0.0563. The van der Waals surface area contributed by atoms with E-state index in [1.165, 1.54) is 11.3 Å². The quantitative estimate of drug-likeness (QED) is 0.807. The Morgan fingerprint density at radius 2 is 2.25 bits per heavy atom. The first kappa shape index (κ1) is 17.4. The number of carbonyl (C=O) groups excluding carboxylic acids is 1. The molecule has 3 rings (SSSR count). The second-order valence-electron chi connectivity index (χ2n) is 5.79. The molecule has 0 radical (unpaired) electrons. The van der Waals surface area contributed by atoms with Gasteiger partial charge in [0.1, 0.15) is 0 Å². The smallest absolute Gasteiger partial charge is 0.274 e. The second-order valence-corrected chi connectivity index (χ2v) is 9.73. The van der Waals surface area contributed by atoms with Crippen LogP contribution >= 0.6 is 22.9 Å². The van der Waals surface area contributed by atoms with Crippen LogP contribution in [0, 0.1) is 0 Å². The van der Waals surface area contributed by atoms with Gasteiger partial charge in [-0.15, -0.1) is 11.3 Å². The van der Waals surface area contributed by atoms with Crippen molar-refractivity contribution in [2.45, 2.75) is 19.4 Å². The fourth-order valence-electron chi connectivity index (χ4n) is 2.99. The molecule has 1 atom stereocenters. The predicted molar refractivity (Wildman–Crippen MR) is 95.3 cm³/mol. The molecular weight excluding hydrogens is 370 g/mol. The Morgan fingerprint density at radius 1 is 1.50 bits per heavy atom. The Balaban J connectivity index is 1.87. The van der Waals surface area contributed by atoms with Gasteiger partial charge in [0, 0.05) is 19.6 Å². The van der Waals surface area contributed by atoms with Crippen LogP contribution in [0.15, 0.2) is 18.2 Å². The van der Waals surface area contributed by atoms with Crippen molar-refractivity contribution in [2.24, 2.45) is 7.05 Å². The van der Waals surface area contributed by atoms with Gasteiger partial charge in [-0.2, -0.15) is 5.10 Å². The normalized spacial score (nSPS) is 19.5. The molecule has 0 spiro atoms. The van der Waals surface area contributed by atoms with E-state index in [4.69, 9.17) is 11.6 Å². The number of rotatable bonds is 4. The zero-order valence-corrected chi connectivity index (χ0v) is 15.8. The van der Waals surface area contributed by atoms with Crippen molar-refractivity contribution < 1.29 is 13.2 Å². The molecule has 1 aliphatic heterocycles. The monoisotopic (exact) mass is 387 g/mol. The molecule has 1 amide bonds. The Bertz CT molecular complexity index is 872. The summed E-state index contributed by atoms with van der Waals surface area (Å²) in [7, 11) is -1.27. The summed E-state index contributed by atoms with van der Waals surface area (Å²) in [5.41, 5.74) is 1.13. The molecule has 130 valence electrons. The minimum absolute atomic E-state index is 0.0345. The zero-order chi connectivity index (χ0) is 17.5. The van der Waals surface area contributed by atoms with Crippen molar-refractivity contribution in [1.29, 1.82) is 0 Å². The average molecular weight is 388 g/mol. The molecular formula is C15H18ClN3O3S2. The van der Waals surface area contributed by atoms with E-state index in [0.29, 0.717) is 23.0 Å². The molecule has 6 nitrogen and oxygen atoms in total. The summed E-state index contributed by atoms with van der Waals surface area (Å²) < 4.78 is 25.7. The Hall–Kier alpha value is -1.38. The van der Waals surface area contributed by atoms with E-state index in [1.807, 2.05) is 13.0 Å². The number of thiophene rings is 1. The Labute approximate surface area is 149 Å². The van der Waals surface area contributed by atoms with Crippen LogP contribution in [-0.4, -0.2) is 53.1 Å². The first-order valence-electron chi connectivity index (χ1n) is 7.62. The molecule has 9 heteroatoms. The molecule has 0 aliphatic carbocycles. The van der Waals surface area contributed by atoms with E-state index in [0.717, 1.165) is 10.6 Å². The fraction of sp³-hybridized carbons (Fsp3) is 0.467. The van der Waals surface area contributed by atoms with Crippen molar-refractivity contribution in [3.05, 3.63) is 28.2 Å². The maximum absolute atomic E-state index is 12.8. The molecule has 2 aromatic heterocycles. The number of sulfone groups is 1. The molecule has 2 aromatic rings. The minimum atomic E-state index is -3.04. The van der Waals surface area contributed by atoms with Crippen LogP contribution in [-0.2, 0) is 16.9 Å². The fourth-order valence-corrected chi connectivity index (χ4v) is 5.81. The third-order valence-electron chi connectivity index (χ3n) is 4.18. The number of nitrogens with zero attached hydrogens (tertiary/aromatic N) is 3. The van der Waals surface area contributed by atoms with E-state index in [1.54, 1.807) is 28.8 Å². The van der Waals surface area contributed by atoms with Gasteiger partial charge >= 0.3 is 0 Å². The molecule has 1 aliphatic rings. The third-order valence-corrected chi connectivity index (χ3v) is 7.18. The van der Waals surface area contributed by atoms with Crippen LogP contribution in [0.1, 0.15) is 23.8 Å². The zero-order valence-electron chi connectivity index (χ0n) is 13.4. The van der Waals surface area contributed by atoms with Gasteiger partial charge in [0.15, 0.2) is 15.5 Å². The molecule has 0 aromatic carbocycles. The maximum atomic E-state index is 12.8. The lowest BCUT2D eigenvalue weighted by molar-refractivity contribution is 0.0701. The average Bonchev–Trinajstić information content (AvgIpc) is 3.19. The highest BCUT2D eigenvalue weighted by Crippen LogP contribution is 2.31. The highest BCUT2D eigenvalue weighted by atomic mass is 35.5. The van der Waals surface area contributed by atoms with Crippen LogP contribution in [0.3, 0.4) is 0 Å². The first-order chi connectivity index (χ1) is 11.3. The third kappa shape index (κ3) is 3.36. The number of hydrogen-bond donors (Lipinski definition) is 0. The van der Waals surface area contributed by atoms with E-state index < -0.39 is 9.84 Å². The van der Waals surface area contributed by atoms with Gasteiger partial charge < -0.3 is 4.90 Å². The van der Waals surface area contributed by atoms with Crippen molar-refractivity contribution in [3.63, 3.8) is 0 Å². The second kappa shape index (κ2) is 6.50. The van der Waals surface area contributed by atoms with Crippen molar-refractivity contribution in [1.82, 2.24) is 14.7 Å². The topological polar surface area (TPSA) is 72.3 Å². The Morgan fingerprint density at radius 3 is 2.79 bits per heavy atom. The molecule has 1 unspecified atom stereocenters. The van der Waals surface area contributed by atoms with E-state index in [2.05, 4.69) is 5.10 Å². The number of hydrogen-bond acceptors (Lipinski definition) is 5. The number of halogens is 1. The number of amides is 1. The molecule has 0 bridgehead atoms. The van der Waals surface area contributed by atoms with Gasteiger partial charge in [-0.3, -0.25) is 9.48 Å². The highest BCUT2D eigenvalue weighted by molar-refractivity contribution is 7.91. The molecule has 1 saturated heterocycles. The number of aryl methyl sites for hydroxylation is 1. The molecule has 24 heavy (non-hydrogen) atoms. The van der Waals surface area contributed by atoms with Gasteiger partial charge in [0.05, 0.1) is 26.4 Å². The SMILES string of the molecule is CCN(C(=O)c1cc(-c2ccc(Cl)s2)n(C)n1)C1CCS(=O)(=O)C1. The summed E-state index contributed by atoms with van der Waals surface area (Å²) in [6.45, 7) is 2.31. The largest absolute Gasteiger partial charge is 0.333 e. The highest BCUT2D eigenvalue weighted by Gasteiger charge is 2.35. The lowest BCUT2D eigenvalue weighted by Crippen LogP contribution is -2.41. The van der Waals surface area contributed by atoms with Gasteiger partial charge in [-0.25, -0.2) is 8.42 Å². The summed E-state index contributed by atoms with van der Waals surface area (Å²) >= 11 is 7.39. The van der Waals surface area contributed by atoms with Crippen LogP contribution in [0.2, 0.25) is 4.34 Å². The number of carbonyl (C=O) groups is 1. The predicted octanol–water partition coefficient (Wildman–Crippen LogP) is 2.45. The van der Waals surface area contributed by atoms with Crippen LogP contribution < -0.4 is 0 Å². The van der Waals surface area contributed by atoms with Crippen LogP contribution in [0.4, 0.5) is 0 Å². The number of aromatic nitrogens is 2. The molecule has 0 N–H and O–H groups in total. The molecule has 0 saturated carbocycles. The summed E-state index contributed by atoms with van der Waals surface area (Å²) in [6, 6.07) is 5.16. The summed E-state index contributed by atoms with van der Waals surface area (Å²) in [6.07, 6.45) is 0.488. The van der Waals surface area contributed by atoms with Crippen molar-refractivity contribution >= 4 is 38.7 Å². The minimum Gasteiger partial charge on any atom is -0.333 e. The lowest BCUT2D eigenvalue weighted by Gasteiger charge is -2.25. The van der Waals surface area contributed by atoms with Gasteiger partial charge in [0.25, 0.3) is 5.91 Å². The van der Waals surface area contributed by atoms with E-state index in [-0.39, 0.29) is 23.5 Å². The van der Waals surface area contributed by atoms with Crippen molar-refractivity contribution in [2.75, 3.05) is 18.1 Å². The van der Waals surface area contributed by atoms with E-state index >= 15 is 0 Å². The standard InChI is InChI=1S/C15H18ClN3O3S2/c1-3-19(10-6-7-24(21,22)9-10)15(20)11-8-12(18(2)17-11)13-4-5-14(16)23-13/h4-5,8,10H,3,6-7,9H2,1-2H3. The summed E-state index contributed by atoms with van der Waals surface area (Å²) in [5, 5.41) is 4.31. The van der Waals surface area contributed by atoms with Gasteiger partial charge in [-0.1, -0.05) is 11.6 Å². The van der Waals surface area contributed by atoms with Crippen LogP contribution in [0.25, 0.3) is 10.6 Å². The first-order valence-corrected chi connectivity index (χ1v) is 10.6. The van der Waals surface area contributed by atoms with E-state index in [9.17, 15) is 13.2 Å². The molecule has 3 heterocycles. The van der Waals surface area contributed by atoms with Gasteiger partial charge in [-0.05, 0) is 31.5 Å². The Kier molecular flexibility index (Phi) is 4.72. The summed E-state index contributed by atoms with van der Waals surface area (Å²) in [4.78, 5) is 15.3. The van der Waals surface area contributed by atoms with Crippen LogP contribution in [0.5, 0.6) is 0 Å². The van der Waals surface area contributed by atoms with Crippen molar-refractivity contribution in [3.8, 4) is 10.6 Å². The maximum Gasteiger partial charge on any atom is 0.274 e. The molecule has 1 fully saturated rings.